The Morgan fingerprint density at radius 1 is 1.13 bits per heavy atom. The maximum absolute atomic E-state index is 12.7. The van der Waals surface area contributed by atoms with Crippen molar-refractivity contribution in [1.29, 1.82) is 0 Å². The van der Waals surface area contributed by atoms with Crippen LogP contribution in [-0.4, -0.2) is 18.0 Å². The molecule has 0 bridgehead atoms. The zero-order valence-corrected chi connectivity index (χ0v) is 13.0. The molecule has 23 heavy (non-hydrogen) atoms. The number of hydrogen-bond donors (Lipinski definition) is 0. The summed E-state index contributed by atoms with van der Waals surface area (Å²) in [6, 6.07) is 13.6. The van der Waals surface area contributed by atoms with E-state index in [1.165, 1.54) is 5.56 Å². The standard InChI is InChI=1S/C19H16N2O2/c1-12-7-8-20-18-9-14(4-6-16(12)18)21-11-13-3-5-15(23-2)10-17(13)19(21)22/h3-10H,11H2,1-2H3. The number of ether oxygens (including phenoxy) is 1. The van der Waals surface area contributed by atoms with Crippen LogP contribution in [0.5, 0.6) is 5.75 Å². The number of rotatable bonds is 2. The van der Waals surface area contributed by atoms with Gasteiger partial charge >= 0.3 is 0 Å². The number of carbonyl (C=O) groups is 1. The van der Waals surface area contributed by atoms with Gasteiger partial charge in [-0.3, -0.25) is 9.78 Å². The molecule has 2 aromatic carbocycles. The first-order valence-electron chi connectivity index (χ1n) is 7.51. The highest BCUT2D eigenvalue weighted by Crippen LogP contribution is 2.32. The van der Waals surface area contributed by atoms with Crippen molar-refractivity contribution in [2.24, 2.45) is 0 Å². The van der Waals surface area contributed by atoms with Crippen LogP contribution in [-0.2, 0) is 6.54 Å². The highest BCUT2D eigenvalue weighted by molar-refractivity contribution is 6.10. The zero-order valence-electron chi connectivity index (χ0n) is 13.0. The van der Waals surface area contributed by atoms with Crippen molar-refractivity contribution in [3.63, 3.8) is 0 Å². The first kappa shape index (κ1) is 13.8. The quantitative estimate of drug-likeness (QED) is 0.725. The Kier molecular flexibility index (Phi) is 3.05. The molecule has 2 heterocycles. The number of anilines is 1. The number of hydrogen-bond acceptors (Lipinski definition) is 3. The van der Waals surface area contributed by atoms with Crippen LogP contribution in [0.3, 0.4) is 0 Å². The topological polar surface area (TPSA) is 42.4 Å². The maximum Gasteiger partial charge on any atom is 0.259 e. The van der Waals surface area contributed by atoms with Crippen molar-refractivity contribution >= 4 is 22.5 Å². The first-order chi connectivity index (χ1) is 11.2. The predicted octanol–water partition coefficient (Wildman–Crippen LogP) is 3.71. The molecule has 0 N–H and O–H groups in total. The Balaban J connectivity index is 1.76. The number of aryl methyl sites for hydroxylation is 1. The van der Waals surface area contributed by atoms with Gasteiger partial charge in [0.2, 0.25) is 0 Å². The van der Waals surface area contributed by atoms with Crippen LogP contribution in [0.2, 0.25) is 0 Å². The molecule has 4 rings (SSSR count). The molecule has 0 saturated heterocycles. The third-order valence-electron chi connectivity index (χ3n) is 4.38. The van der Waals surface area contributed by atoms with E-state index in [9.17, 15) is 4.79 Å². The van der Waals surface area contributed by atoms with Gasteiger partial charge in [0.15, 0.2) is 0 Å². The summed E-state index contributed by atoms with van der Waals surface area (Å²) in [6.45, 7) is 2.64. The fourth-order valence-corrected chi connectivity index (χ4v) is 3.06. The Labute approximate surface area is 134 Å². The normalized spacial score (nSPS) is 13.5. The monoisotopic (exact) mass is 304 g/mol. The van der Waals surface area contributed by atoms with Crippen molar-refractivity contribution in [3.05, 3.63) is 65.4 Å². The zero-order chi connectivity index (χ0) is 16.0. The average molecular weight is 304 g/mol. The lowest BCUT2D eigenvalue weighted by Crippen LogP contribution is -2.22. The molecule has 1 aliphatic rings. The summed E-state index contributed by atoms with van der Waals surface area (Å²) in [5.74, 6) is 0.709. The number of amides is 1. The minimum absolute atomic E-state index is 0.00547. The smallest absolute Gasteiger partial charge is 0.259 e. The SMILES string of the molecule is COc1ccc2c(c1)C(=O)N(c1ccc3c(C)ccnc3c1)C2. The van der Waals surface area contributed by atoms with Crippen LogP contribution in [0.4, 0.5) is 5.69 Å². The molecule has 1 aromatic heterocycles. The van der Waals surface area contributed by atoms with Crippen molar-refractivity contribution < 1.29 is 9.53 Å². The lowest BCUT2D eigenvalue weighted by molar-refractivity contribution is 0.0996. The molecular formula is C19H16N2O2. The van der Waals surface area contributed by atoms with E-state index in [1.807, 2.05) is 36.4 Å². The number of pyridine rings is 1. The Hall–Kier alpha value is -2.88. The van der Waals surface area contributed by atoms with Gasteiger partial charge in [0.1, 0.15) is 5.75 Å². The molecule has 0 unspecified atom stereocenters. The van der Waals surface area contributed by atoms with E-state index in [4.69, 9.17) is 4.74 Å². The Morgan fingerprint density at radius 3 is 2.83 bits per heavy atom. The molecule has 0 radical (unpaired) electrons. The Bertz CT molecular complexity index is 934. The van der Waals surface area contributed by atoms with Crippen molar-refractivity contribution in [3.8, 4) is 5.75 Å². The summed E-state index contributed by atoms with van der Waals surface area (Å²) in [4.78, 5) is 18.9. The van der Waals surface area contributed by atoms with Gasteiger partial charge in [-0.1, -0.05) is 12.1 Å². The van der Waals surface area contributed by atoms with E-state index >= 15 is 0 Å². The predicted molar refractivity (Wildman–Crippen MR) is 90.0 cm³/mol. The van der Waals surface area contributed by atoms with Gasteiger partial charge in [-0.15, -0.1) is 0 Å². The number of fused-ring (bicyclic) bond motifs is 2. The molecule has 0 saturated carbocycles. The van der Waals surface area contributed by atoms with Gasteiger partial charge in [-0.25, -0.2) is 0 Å². The molecule has 3 aromatic rings. The molecular weight excluding hydrogens is 288 g/mol. The maximum atomic E-state index is 12.7. The molecule has 1 amide bonds. The molecule has 114 valence electrons. The molecule has 1 aliphatic heterocycles. The molecule has 4 nitrogen and oxygen atoms in total. The fraction of sp³-hybridized carbons (Fsp3) is 0.158. The third kappa shape index (κ3) is 2.14. The summed E-state index contributed by atoms with van der Waals surface area (Å²) in [7, 11) is 1.61. The van der Waals surface area contributed by atoms with E-state index in [0.29, 0.717) is 17.9 Å². The number of aromatic nitrogens is 1. The number of nitrogens with zero attached hydrogens (tertiary/aromatic N) is 2. The van der Waals surface area contributed by atoms with Gasteiger partial charge in [-0.2, -0.15) is 0 Å². The van der Waals surface area contributed by atoms with E-state index < -0.39 is 0 Å². The minimum atomic E-state index is 0.00547. The van der Waals surface area contributed by atoms with Crippen LogP contribution in [0.1, 0.15) is 21.5 Å². The molecule has 4 heteroatoms. The number of methoxy groups -OCH3 is 1. The highest BCUT2D eigenvalue weighted by Gasteiger charge is 2.29. The number of benzene rings is 2. The van der Waals surface area contributed by atoms with Crippen LogP contribution < -0.4 is 9.64 Å². The van der Waals surface area contributed by atoms with Gasteiger partial charge < -0.3 is 9.64 Å². The summed E-state index contributed by atoms with van der Waals surface area (Å²) < 4.78 is 5.22. The minimum Gasteiger partial charge on any atom is -0.497 e. The molecule has 0 atom stereocenters. The van der Waals surface area contributed by atoms with Crippen molar-refractivity contribution in [1.82, 2.24) is 4.98 Å². The summed E-state index contributed by atoms with van der Waals surface area (Å²) >= 11 is 0. The lowest BCUT2D eigenvalue weighted by Gasteiger charge is -2.16. The van der Waals surface area contributed by atoms with Gasteiger partial charge in [0.25, 0.3) is 5.91 Å². The van der Waals surface area contributed by atoms with Crippen LogP contribution in [0, 0.1) is 6.92 Å². The van der Waals surface area contributed by atoms with Crippen molar-refractivity contribution in [2.45, 2.75) is 13.5 Å². The van der Waals surface area contributed by atoms with Gasteiger partial charge in [0, 0.05) is 22.8 Å². The second-order valence-corrected chi connectivity index (χ2v) is 5.74. The van der Waals surface area contributed by atoms with Gasteiger partial charge in [0.05, 0.1) is 19.2 Å². The van der Waals surface area contributed by atoms with E-state index in [2.05, 4.69) is 11.9 Å². The van der Waals surface area contributed by atoms with Crippen LogP contribution in [0.15, 0.2) is 48.7 Å². The van der Waals surface area contributed by atoms with E-state index in [1.54, 1.807) is 24.3 Å². The molecule has 0 spiro atoms. The fourth-order valence-electron chi connectivity index (χ4n) is 3.06. The van der Waals surface area contributed by atoms with E-state index in [-0.39, 0.29) is 5.91 Å². The second kappa shape index (κ2) is 5.09. The first-order valence-corrected chi connectivity index (χ1v) is 7.51. The van der Waals surface area contributed by atoms with Crippen molar-refractivity contribution in [2.75, 3.05) is 12.0 Å². The van der Waals surface area contributed by atoms with Crippen LogP contribution >= 0.6 is 0 Å². The summed E-state index contributed by atoms with van der Waals surface area (Å²) in [5.41, 5.74) is 4.69. The second-order valence-electron chi connectivity index (χ2n) is 5.74. The summed E-state index contributed by atoms with van der Waals surface area (Å²) in [5, 5.41) is 1.11. The van der Waals surface area contributed by atoms with Gasteiger partial charge in [-0.05, 0) is 48.4 Å². The van der Waals surface area contributed by atoms with Crippen LogP contribution in [0.25, 0.3) is 10.9 Å². The Morgan fingerprint density at radius 2 is 2.00 bits per heavy atom. The largest absolute Gasteiger partial charge is 0.497 e. The molecule has 0 aliphatic carbocycles. The number of carbonyl (C=O) groups excluding carboxylic acids is 1. The molecule has 0 fully saturated rings. The third-order valence-corrected chi connectivity index (χ3v) is 4.38. The summed E-state index contributed by atoms with van der Waals surface area (Å²) in [6.07, 6.45) is 1.80. The highest BCUT2D eigenvalue weighted by atomic mass is 16.5. The van der Waals surface area contributed by atoms with E-state index in [0.717, 1.165) is 22.2 Å². The lowest BCUT2D eigenvalue weighted by atomic mass is 10.1. The average Bonchev–Trinajstić information content (AvgIpc) is 2.91.